The highest BCUT2D eigenvalue weighted by atomic mass is 19.1. The Labute approximate surface area is 204 Å². The number of amides is 1. The molecule has 186 valence electrons. The highest BCUT2D eigenvalue weighted by Gasteiger charge is 2.37. The van der Waals surface area contributed by atoms with Gasteiger partial charge in [-0.2, -0.15) is 0 Å². The Balaban J connectivity index is 1.63. The first-order chi connectivity index (χ1) is 17.2. The Kier molecular flexibility index (Phi) is 5.03. The average molecular weight is 493 g/mol. The van der Waals surface area contributed by atoms with Crippen LogP contribution in [0.2, 0.25) is 0 Å². The molecule has 3 N–H and O–H groups in total. The Bertz CT molecular complexity index is 1560. The maximum Gasteiger partial charge on any atom is 0.313 e. The summed E-state index contributed by atoms with van der Waals surface area (Å²) < 4.78 is 21.7. The molecule has 2 aliphatic heterocycles. The van der Waals surface area contributed by atoms with Gasteiger partial charge in [0.25, 0.3) is 11.5 Å². The molecule has 1 aromatic carbocycles. The fourth-order valence-electron chi connectivity index (χ4n) is 5.97. The van der Waals surface area contributed by atoms with Crippen molar-refractivity contribution in [2.75, 3.05) is 0 Å². The summed E-state index contributed by atoms with van der Waals surface area (Å²) in [5.41, 5.74) is 4.92. The Hall–Kier alpha value is -3.63. The number of aryl methyl sites for hydroxylation is 1. The van der Waals surface area contributed by atoms with Gasteiger partial charge in [0.1, 0.15) is 12.4 Å². The second-order valence-corrected chi connectivity index (χ2v) is 9.61. The number of hydrogen-bond acceptors (Lipinski definition) is 7. The predicted molar refractivity (Wildman–Crippen MR) is 125 cm³/mol. The van der Waals surface area contributed by atoms with Gasteiger partial charge in [-0.05, 0) is 54.5 Å². The number of aromatic nitrogens is 2. The fourth-order valence-corrected chi connectivity index (χ4v) is 5.97. The number of rotatable bonds is 3. The Morgan fingerprint density at radius 3 is 2.78 bits per heavy atom. The minimum Gasteiger partial charge on any atom is -0.460 e. The van der Waals surface area contributed by atoms with E-state index in [1.165, 1.54) is 6.07 Å². The summed E-state index contributed by atoms with van der Waals surface area (Å²) in [5, 5.41) is 22.2. The second-order valence-electron chi connectivity index (χ2n) is 9.61. The number of nitrogens with zero attached hydrogens (tertiary/aromatic N) is 2. The van der Waals surface area contributed by atoms with Crippen LogP contribution in [-0.2, 0) is 33.9 Å². The number of carbonyl (C=O) groups excluding carboxylic acids is 2. The van der Waals surface area contributed by atoms with Crippen LogP contribution in [0.1, 0.15) is 65.1 Å². The molecule has 10 heteroatoms. The molecule has 1 amide bonds. The minimum absolute atomic E-state index is 0.0932. The molecule has 6 rings (SSSR count). The van der Waals surface area contributed by atoms with E-state index in [2.05, 4.69) is 5.32 Å². The molecular formula is C26H24FN3O6. The van der Waals surface area contributed by atoms with Crippen molar-refractivity contribution in [2.24, 2.45) is 0 Å². The molecule has 1 aliphatic carbocycles. The van der Waals surface area contributed by atoms with Crippen LogP contribution in [0.15, 0.2) is 16.9 Å². The number of cyclic esters (lactones) is 1. The maximum atomic E-state index is 14.9. The number of aliphatic hydroxyl groups is 2. The first-order valence-corrected chi connectivity index (χ1v) is 12.0. The number of ether oxygens (including phenoxy) is 1. The summed E-state index contributed by atoms with van der Waals surface area (Å²) in [6.07, 6.45) is -0.812. The van der Waals surface area contributed by atoms with Gasteiger partial charge in [0, 0.05) is 17.0 Å². The molecule has 0 fully saturated rings. The Morgan fingerprint density at radius 1 is 1.28 bits per heavy atom. The van der Waals surface area contributed by atoms with Crippen molar-refractivity contribution >= 4 is 22.8 Å². The molecule has 0 spiro atoms. The highest BCUT2D eigenvalue weighted by molar-refractivity contribution is 5.94. The standard InChI is InChI=1S/C26H24FN3O6/c1-3-11-13-6-19-22-14(8-30(19)24(32)15(13)9-36-26(11)35)21-17(29-23(31)25(33)34)5-4-12-10(2)16(27)7-18(28-22)20(12)21/h6-7,11,17,25,33-34H,3-5,8-9H2,1-2H3,(H,29,31)/t11-,17+/m1/s1. The van der Waals surface area contributed by atoms with E-state index in [0.29, 0.717) is 69.4 Å². The van der Waals surface area contributed by atoms with Crippen molar-refractivity contribution in [2.45, 2.75) is 64.5 Å². The minimum atomic E-state index is -2.18. The summed E-state index contributed by atoms with van der Waals surface area (Å²) in [4.78, 5) is 42.9. The zero-order chi connectivity index (χ0) is 25.5. The number of carbonyl (C=O) groups is 2. The van der Waals surface area contributed by atoms with Crippen LogP contribution in [0.5, 0.6) is 0 Å². The first-order valence-electron chi connectivity index (χ1n) is 12.0. The summed E-state index contributed by atoms with van der Waals surface area (Å²) in [6.45, 7) is 3.64. The lowest BCUT2D eigenvalue weighted by atomic mass is 9.81. The van der Waals surface area contributed by atoms with Crippen LogP contribution in [0.25, 0.3) is 22.3 Å². The van der Waals surface area contributed by atoms with E-state index < -0.39 is 30.0 Å². The molecule has 4 heterocycles. The van der Waals surface area contributed by atoms with Crippen molar-refractivity contribution in [1.29, 1.82) is 0 Å². The van der Waals surface area contributed by atoms with E-state index in [0.717, 1.165) is 5.56 Å². The van der Waals surface area contributed by atoms with E-state index in [1.54, 1.807) is 11.5 Å². The van der Waals surface area contributed by atoms with Gasteiger partial charge in [-0.1, -0.05) is 6.92 Å². The van der Waals surface area contributed by atoms with Gasteiger partial charge in [-0.3, -0.25) is 14.4 Å². The van der Waals surface area contributed by atoms with Crippen LogP contribution in [-0.4, -0.2) is 37.9 Å². The van der Waals surface area contributed by atoms with Crippen molar-refractivity contribution in [1.82, 2.24) is 14.9 Å². The zero-order valence-electron chi connectivity index (χ0n) is 19.7. The van der Waals surface area contributed by atoms with E-state index in [1.807, 2.05) is 13.0 Å². The van der Waals surface area contributed by atoms with Gasteiger partial charge in [0.15, 0.2) is 0 Å². The smallest absolute Gasteiger partial charge is 0.313 e. The quantitative estimate of drug-likeness (QED) is 0.293. The zero-order valence-corrected chi connectivity index (χ0v) is 19.7. The topological polar surface area (TPSA) is 131 Å². The van der Waals surface area contributed by atoms with Gasteiger partial charge in [-0.25, -0.2) is 9.37 Å². The second kappa shape index (κ2) is 7.94. The van der Waals surface area contributed by atoms with Gasteiger partial charge in [-0.15, -0.1) is 0 Å². The Morgan fingerprint density at radius 2 is 2.06 bits per heavy atom. The number of hydrogen-bond donors (Lipinski definition) is 3. The number of halogens is 1. The summed E-state index contributed by atoms with van der Waals surface area (Å²) in [7, 11) is 0. The van der Waals surface area contributed by atoms with Crippen molar-refractivity contribution < 1.29 is 28.9 Å². The molecule has 3 aromatic rings. The maximum absolute atomic E-state index is 14.9. The summed E-state index contributed by atoms with van der Waals surface area (Å²) in [5.74, 6) is -2.26. The van der Waals surface area contributed by atoms with E-state index in [9.17, 15) is 29.0 Å². The highest BCUT2D eigenvalue weighted by Crippen LogP contribution is 2.45. The monoisotopic (exact) mass is 493 g/mol. The molecule has 0 bridgehead atoms. The average Bonchev–Trinajstić information content (AvgIpc) is 3.21. The van der Waals surface area contributed by atoms with E-state index >= 15 is 0 Å². The van der Waals surface area contributed by atoms with Crippen LogP contribution in [0.4, 0.5) is 4.39 Å². The van der Waals surface area contributed by atoms with E-state index in [-0.39, 0.29) is 24.7 Å². The molecule has 2 aromatic heterocycles. The lowest BCUT2D eigenvalue weighted by Crippen LogP contribution is -2.38. The predicted octanol–water partition coefficient (Wildman–Crippen LogP) is 1.84. The molecule has 2 atom stereocenters. The molecule has 0 unspecified atom stereocenters. The number of fused-ring (bicyclic) bond motifs is 5. The molecule has 9 nitrogen and oxygen atoms in total. The van der Waals surface area contributed by atoms with Crippen LogP contribution in [0.3, 0.4) is 0 Å². The number of aliphatic hydroxyl groups excluding tert-OH is 1. The van der Waals surface area contributed by atoms with Gasteiger partial charge < -0.3 is 24.8 Å². The third-order valence-corrected chi connectivity index (χ3v) is 7.75. The van der Waals surface area contributed by atoms with Gasteiger partial charge in [0.2, 0.25) is 6.29 Å². The van der Waals surface area contributed by atoms with Gasteiger partial charge in [0.05, 0.1) is 41.0 Å². The lowest BCUT2D eigenvalue weighted by Gasteiger charge is -2.30. The van der Waals surface area contributed by atoms with Crippen molar-refractivity contribution in [3.05, 3.63) is 61.7 Å². The number of nitrogens with one attached hydrogen (secondary N) is 1. The number of benzene rings is 1. The van der Waals surface area contributed by atoms with Crippen LogP contribution < -0.4 is 10.9 Å². The van der Waals surface area contributed by atoms with Crippen molar-refractivity contribution in [3.8, 4) is 11.4 Å². The number of pyridine rings is 2. The SMILES string of the molecule is CC[C@H]1C(=O)OCc2c1cc1n(c2=O)Cc2c-1nc1cc(F)c(C)c3c1c2[C@@H](NC(=O)C(O)O)CC3. The first kappa shape index (κ1) is 22.8. The molecular weight excluding hydrogens is 469 g/mol. The number of esters is 1. The molecule has 36 heavy (non-hydrogen) atoms. The third-order valence-electron chi connectivity index (χ3n) is 7.75. The molecule has 0 saturated carbocycles. The third kappa shape index (κ3) is 3.07. The lowest BCUT2D eigenvalue weighted by molar-refractivity contribution is -0.148. The molecule has 0 saturated heterocycles. The van der Waals surface area contributed by atoms with Crippen LogP contribution >= 0.6 is 0 Å². The summed E-state index contributed by atoms with van der Waals surface area (Å²) in [6, 6.07) is 2.58. The molecule has 3 aliphatic rings. The molecule has 0 radical (unpaired) electrons. The largest absolute Gasteiger partial charge is 0.460 e. The van der Waals surface area contributed by atoms with Gasteiger partial charge >= 0.3 is 5.97 Å². The van der Waals surface area contributed by atoms with E-state index in [4.69, 9.17) is 9.72 Å². The normalized spacial score (nSPS) is 19.7. The van der Waals surface area contributed by atoms with Crippen molar-refractivity contribution in [3.63, 3.8) is 0 Å². The van der Waals surface area contributed by atoms with Crippen LogP contribution in [0, 0.1) is 12.7 Å². The fraction of sp³-hybridized carbons (Fsp3) is 0.385. The summed E-state index contributed by atoms with van der Waals surface area (Å²) >= 11 is 0.